The normalized spacial score (nSPS) is 5.95. The van der Waals surface area contributed by atoms with Gasteiger partial charge in [-0.3, -0.25) is 4.79 Å². The fourth-order valence-corrected chi connectivity index (χ4v) is 1.17. The highest BCUT2D eigenvalue weighted by Crippen LogP contribution is 1.92. The maximum atomic E-state index is 10.2. The van der Waals surface area contributed by atoms with Crippen LogP contribution in [-0.2, 0) is 19.1 Å². The largest absolute Gasteiger partial charge is 0.385 e. The molecular weight excluding hydrogens is 532 g/mol. The lowest BCUT2D eigenvalue weighted by atomic mass is 10.2. The van der Waals surface area contributed by atoms with Crippen LogP contribution in [0.15, 0.2) is 0 Å². The molecule has 0 aromatic carbocycles. The maximum Gasteiger partial charge on any atom is 0.132 e. The van der Waals surface area contributed by atoms with Gasteiger partial charge in [0.2, 0.25) is 0 Å². The third-order valence-electron chi connectivity index (χ3n) is 2.63. The number of ether oxygens (including phenoxy) is 2. The molecule has 4 heteroatoms. The molecule has 0 atom stereocenters. The Hall–Kier alpha value is -0.740. The van der Waals surface area contributed by atoms with Crippen molar-refractivity contribution in [2.45, 2.75) is 226 Å². The minimum absolute atomic E-state index is 0. The van der Waals surface area contributed by atoms with Crippen molar-refractivity contribution in [3.8, 4) is 0 Å². The number of hydrogen-bond acceptors (Lipinski definition) is 4. The van der Waals surface area contributed by atoms with E-state index >= 15 is 0 Å². The summed E-state index contributed by atoms with van der Waals surface area (Å²) in [5.74, 6) is 0.650. The number of unbranched alkanes of at least 4 members (excludes halogenated alkanes) is 1. The van der Waals surface area contributed by atoms with Gasteiger partial charge in [-0.1, -0.05) is 174 Å². The number of carbonyl (C=O) groups is 2. The Morgan fingerprint density at radius 1 is 0.488 bits per heavy atom. The van der Waals surface area contributed by atoms with Gasteiger partial charge in [0.05, 0.1) is 0 Å². The number of carbonyl (C=O) groups excluding carboxylic acids is 2. The van der Waals surface area contributed by atoms with Crippen LogP contribution in [-0.4, -0.2) is 38.5 Å². The smallest absolute Gasteiger partial charge is 0.132 e. The molecule has 0 saturated carbocycles. The number of methoxy groups -OCH3 is 1. The van der Waals surface area contributed by atoms with Crippen LogP contribution in [0.5, 0.6) is 0 Å². The lowest BCUT2D eigenvalue weighted by Gasteiger charge is -1.91. The van der Waals surface area contributed by atoms with E-state index in [1.165, 1.54) is 0 Å². The van der Waals surface area contributed by atoms with Crippen molar-refractivity contribution in [1.82, 2.24) is 0 Å². The highest BCUT2D eigenvalue weighted by Gasteiger charge is 1.87. The summed E-state index contributed by atoms with van der Waals surface area (Å²) in [5.41, 5.74) is 0. The van der Waals surface area contributed by atoms with E-state index in [0.717, 1.165) is 51.9 Å². The highest BCUT2D eigenvalue weighted by atomic mass is 16.5. The Bertz CT molecular complexity index is 219. The summed E-state index contributed by atoms with van der Waals surface area (Å²) in [5, 5.41) is 0. The van der Waals surface area contributed by atoms with E-state index in [9.17, 15) is 9.59 Å². The summed E-state index contributed by atoms with van der Waals surface area (Å²) in [7, 11) is 1.71. The van der Waals surface area contributed by atoms with E-state index in [4.69, 9.17) is 9.47 Å². The summed E-state index contributed by atoms with van der Waals surface area (Å²) in [6, 6.07) is 0. The van der Waals surface area contributed by atoms with Crippen molar-refractivity contribution in [3.63, 3.8) is 0 Å². The van der Waals surface area contributed by atoms with Gasteiger partial charge in [0.15, 0.2) is 0 Å². The van der Waals surface area contributed by atoms with Crippen molar-refractivity contribution < 1.29 is 19.1 Å². The second-order valence-corrected chi connectivity index (χ2v) is 5.24. The predicted molar refractivity (Wildman–Crippen MR) is 216 cm³/mol. The first-order valence-electron chi connectivity index (χ1n) is 17.5. The Morgan fingerprint density at radius 3 is 0.814 bits per heavy atom. The Morgan fingerprint density at radius 2 is 0.767 bits per heavy atom. The van der Waals surface area contributed by atoms with Crippen LogP contribution in [0.3, 0.4) is 0 Å². The first-order chi connectivity index (χ1) is 19.4. The van der Waals surface area contributed by atoms with Crippen LogP contribution in [0.25, 0.3) is 0 Å². The van der Waals surface area contributed by atoms with Crippen LogP contribution in [0.1, 0.15) is 226 Å². The molecule has 43 heavy (non-hydrogen) atoms. The fraction of sp³-hybridized carbons (Fsp3) is 0.949. The molecule has 0 amide bonds. The van der Waals surface area contributed by atoms with Gasteiger partial charge >= 0.3 is 0 Å². The van der Waals surface area contributed by atoms with Gasteiger partial charge in [-0.05, 0) is 33.1 Å². The van der Waals surface area contributed by atoms with Gasteiger partial charge in [0.1, 0.15) is 11.6 Å². The molecule has 0 saturated heterocycles. The van der Waals surface area contributed by atoms with Gasteiger partial charge in [0, 0.05) is 46.2 Å². The van der Waals surface area contributed by atoms with Crippen LogP contribution >= 0.6 is 0 Å². The van der Waals surface area contributed by atoms with Gasteiger partial charge in [-0.2, -0.15) is 0 Å². The van der Waals surface area contributed by atoms with Gasteiger partial charge in [0.25, 0.3) is 0 Å². The Kier molecular flexibility index (Phi) is 505. The van der Waals surface area contributed by atoms with E-state index in [2.05, 4.69) is 20.8 Å². The van der Waals surface area contributed by atoms with Crippen LogP contribution in [0.4, 0.5) is 0 Å². The average Bonchev–Trinajstić information content (AvgIpc) is 3.07. The monoisotopic (exact) mass is 637 g/mol. The quantitative estimate of drug-likeness (QED) is 0.224. The third-order valence-corrected chi connectivity index (χ3v) is 2.63. The van der Waals surface area contributed by atoms with E-state index in [1.807, 2.05) is 132 Å². The first kappa shape index (κ1) is 96.8. The lowest BCUT2D eigenvalue weighted by Crippen LogP contribution is -1.88. The Labute approximate surface area is 283 Å². The first-order valence-corrected chi connectivity index (χ1v) is 17.5. The molecule has 0 fully saturated rings. The molecule has 0 heterocycles. The maximum absolute atomic E-state index is 10.2. The number of Topliss-reactive ketones (excluding diaryl/α,β-unsaturated/α-hetero) is 2. The molecule has 0 aliphatic heterocycles. The van der Waals surface area contributed by atoms with Crippen LogP contribution < -0.4 is 0 Å². The molecule has 0 bridgehead atoms. The molecular formula is C39H104O4. The molecule has 4 nitrogen and oxygen atoms in total. The fourth-order valence-electron chi connectivity index (χ4n) is 1.17. The van der Waals surface area contributed by atoms with Gasteiger partial charge in [-0.15, -0.1) is 0 Å². The molecule has 0 aliphatic rings. The number of hydrogen-bond donors (Lipinski definition) is 0. The topological polar surface area (TPSA) is 52.6 Å². The minimum Gasteiger partial charge on any atom is -0.385 e. The summed E-state index contributed by atoms with van der Waals surface area (Å²) in [6.07, 6.45) is 6.57. The zero-order valence-corrected chi connectivity index (χ0v) is 33.7. The van der Waals surface area contributed by atoms with Crippen molar-refractivity contribution in [3.05, 3.63) is 0 Å². The van der Waals surface area contributed by atoms with Crippen LogP contribution in [0.2, 0.25) is 0 Å². The zero-order chi connectivity index (χ0) is 35.6. The van der Waals surface area contributed by atoms with E-state index < -0.39 is 0 Å². The standard InChI is InChI=1S/C6H12O.C5H12O.C5H10O.C4H10O.8C2H6.3CH4/c1-3-4-5-6(2)7;1-3-5-6-4-2;1-3-5(6)4-2;1-3-4-5-2;8*1-2;;;/h3-5H2,1-2H3;3-5H2,1-2H3;3-4H2,1-2H3;3-4H2,1-2H3;8*1-2H3;3*1H4. The SMILES string of the molecule is C.C.C.CC.CC.CC.CC.CC.CC.CC.CC.CCC(=O)CC.CCCCC(C)=O.CCCOC.CCCOCC. The zero-order valence-electron chi connectivity index (χ0n) is 33.7. The summed E-state index contributed by atoms with van der Waals surface area (Å²) < 4.78 is 9.67. The molecule has 0 rings (SSSR count). The highest BCUT2D eigenvalue weighted by molar-refractivity contribution is 5.77. The van der Waals surface area contributed by atoms with Crippen molar-refractivity contribution in [2.24, 2.45) is 0 Å². The van der Waals surface area contributed by atoms with E-state index in [-0.39, 0.29) is 22.3 Å². The second kappa shape index (κ2) is 224. The van der Waals surface area contributed by atoms with E-state index in [1.54, 1.807) is 14.0 Å². The van der Waals surface area contributed by atoms with Gasteiger partial charge in [-0.25, -0.2) is 0 Å². The summed E-state index contributed by atoms with van der Waals surface area (Å²) >= 11 is 0. The van der Waals surface area contributed by atoms with Gasteiger partial charge < -0.3 is 14.3 Å². The molecule has 0 N–H and O–H groups in total. The number of rotatable bonds is 10. The average molecular weight is 637 g/mol. The molecule has 0 aromatic heterocycles. The van der Waals surface area contributed by atoms with Crippen molar-refractivity contribution in [1.29, 1.82) is 0 Å². The molecule has 0 spiro atoms. The molecule has 0 aliphatic carbocycles. The lowest BCUT2D eigenvalue weighted by molar-refractivity contribution is -0.118. The summed E-state index contributed by atoms with van der Waals surface area (Å²) in [4.78, 5) is 20.4. The molecule has 0 aromatic rings. The van der Waals surface area contributed by atoms with Crippen molar-refractivity contribution >= 4 is 11.6 Å². The van der Waals surface area contributed by atoms with Crippen LogP contribution in [0, 0.1) is 0 Å². The molecule has 0 radical (unpaired) electrons. The number of ketones is 2. The predicted octanol–water partition coefficient (Wildman–Crippen LogP) is 15.7. The van der Waals surface area contributed by atoms with Crippen molar-refractivity contribution in [2.75, 3.05) is 26.9 Å². The second-order valence-electron chi connectivity index (χ2n) is 5.24. The summed E-state index contributed by atoms with van der Waals surface area (Å²) in [6.45, 7) is 48.3. The Balaban J connectivity index is -0.0000000159. The minimum atomic E-state index is 0. The molecule has 0 unspecified atom stereocenters. The third kappa shape index (κ3) is 423. The van der Waals surface area contributed by atoms with E-state index in [0.29, 0.717) is 24.4 Å². The molecule has 284 valence electrons.